The molecule has 0 aliphatic carbocycles. The molecule has 0 aliphatic heterocycles. The average molecular weight is 197 g/mol. The predicted molar refractivity (Wildman–Crippen MR) is 56.7 cm³/mol. The topological polar surface area (TPSA) is 37.8 Å². The van der Waals surface area contributed by atoms with Crippen LogP contribution < -0.4 is 5.32 Å². The van der Waals surface area contributed by atoms with E-state index in [1.54, 1.807) is 6.20 Å². The van der Waals surface area contributed by atoms with Crippen molar-refractivity contribution in [3.8, 4) is 0 Å². The van der Waals surface area contributed by atoms with Crippen LogP contribution in [0.25, 0.3) is 0 Å². The highest BCUT2D eigenvalue weighted by molar-refractivity contribution is 7.99. The van der Waals surface area contributed by atoms with Gasteiger partial charge in [-0.2, -0.15) is 22.0 Å². The molecule has 0 aromatic carbocycles. The second-order valence-corrected chi connectivity index (χ2v) is 3.98. The molecule has 3 nitrogen and oxygen atoms in total. The molecule has 1 N–H and O–H groups in total. The maximum absolute atomic E-state index is 3.98. The van der Waals surface area contributed by atoms with Gasteiger partial charge in [-0.05, 0) is 17.9 Å². The number of rotatable bonds is 6. The Morgan fingerprint density at radius 2 is 2.46 bits per heavy atom. The van der Waals surface area contributed by atoms with Gasteiger partial charge in [-0.25, -0.2) is 0 Å². The van der Waals surface area contributed by atoms with E-state index in [0.29, 0.717) is 0 Å². The summed E-state index contributed by atoms with van der Waals surface area (Å²) in [5.41, 5.74) is 1.00. The van der Waals surface area contributed by atoms with Gasteiger partial charge in [0.1, 0.15) is 0 Å². The van der Waals surface area contributed by atoms with Gasteiger partial charge in [-0.1, -0.05) is 6.92 Å². The molecule has 1 rings (SSSR count). The highest BCUT2D eigenvalue weighted by Crippen LogP contribution is 1.96. The van der Waals surface area contributed by atoms with Crippen LogP contribution in [0.1, 0.15) is 12.6 Å². The van der Waals surface area contributed by atoms with E-state index in [4.69, 9.17) is 0 Å². The van der Waals surface area contributed by atoms with E-state index >= 15 is 0 Å². The summed E-state index contributed by atoms with van der Waals surface area (Å²) >= 11 is 1.94. The smallest absolute Gasteiger partial charge is 0.0768 e. The SMILES string of the molecule is CCSCCNCc1cccnn1. The second-order valence-electron chi connectivity index (χ2n) is 2.59. The van der Waals surface area contributed by atoms with Crippen molar-refractivity contribution in [1.82, 2.24) is 15.5 Å². The quantitative estimate of drug-likeness (QED) is 0.698. The molecular weight excluding hydrogens is 182 g/mol. The summed E-state index contributed by atoms with van der Waals surface area (Å²) in [6.45, 7) is 4.03. The first kappa shape index (κ1) is 10.5. The molecule has 0 saturated heterocycles. The number of thioether (sulfide) groups is 1. The van der Waals surface area contributed by atoms with E-state index in [0.717, 1.165) is 24.5 Å². The first-order valence-corrected chi connectivity index (χ1v) is 5.64. The van der Waals surface area contributed by atoms with Gasteiger partial charge in [0.05, 0.1) is 5.69 Å². The van der Waals surface area contributed by atoms with Crippen LogP contribution >= 0.6 is 11.8 Å². The summed E-state index contributed by atoms with van der Waals surface area (Å²) in [6, 6.07) is 3.89. The summed E-state index contributed by atoms with van der Waals surface area (Å²) in [5, 5.41) is 11.1. The van der Waals surface area contributed by atoms with Crippen molar-refractivity contribution in [3.05, 3.63) is 24.0 Å². The molecule has 0 saturated carbocycles. The van der Waals surface area contributed by atoms with Gasteiger partial charge >= 0.3 is 0 Å². The van der Waals surface area contributed by atoms with Crippen LogP contribution in [-0.4, -0.2) is 28.2 Å². The zero-order valence-electron chi connectivity index (χ0n) is 7.86. The van der Waals surface area contributed by atoms with Gasteiger partial charge in [0.15, 0.2) is 0 Å². The Bertz CT molecular complexity index is 215. The number of nitrogens with one attached hydrogen (secondary N) is 1. The van der Waals surface area contributed by atoms with Gasteiger partial charge in [-0.15, -0.1) is 0 Å². The molecule has 0 radical (unpaired) electrons. The molecule has 4 heteroatoms. The largest absolute Gasteiger partial charge is 0.310 e. The molecule has 0 spiro atoms. The van der Waals surface area contributed by atoms with Crippen molar-refractivity contribution >= 4 is 11.8 Å². The standard InChI is InChI=1S/C9H15N3S/c1-2-13-7-6-10-8-9-4-3-5-11-12-9/h3-5,10H,2,6-8H2,1H3. The van der Waals surface area contributed by atoms with Crippen LogP contribution in [0.3, 0.4) is 0 Å². The molecule has 0 unspecified atom stereocenters. The van der Waals surface area contributed by atoms with Crippen LogP contribution in [0.4, 0.5) is 0 Å². The minimum atomic E-state index is 0.818. The summed E-state index contributed by atoms with van der Waals surface area (Å²) in [6.07, 6.45) is 1.69. The normalized spacial score (nSPS) is 10.2. The zero-order valence-corrected chi connectivity index (χ0v) is 8.68. The van der Waals surface area contributed by atoms with Gasteiger partial charge in [-0.3, -0.25) is 0 Å². The monoisotopic (exact) mass is 197 g/mol. The molecule has 1 heterocycles. The second kappa shape index (κ2) is 6.86. The molecule has 13 heavy (non-hydrogen) atoms. The molecule has 1 aromatic rings. The Labute approximate surface area is 83.3 Å². The molecule has 0 fully saturated rings. The minimum Gasteiger partial charge on any atom is -0.310 e. The fraction of sp³-hybridized carbons (Fsp3) is 0.556. The molecule has 72 valence electrons. The van der Waals surface area contributed by atoms with E-state index in [1.807, 2.05) is 23.9 Å². The van der Waals surface area contributed by atoms with Crippen LogP contribution in [0.15, 0.2) is 18.3 Å². The first-order chi connectivity index (χ1) is 6.43. The number of hydrogen-bond acceptors (Lipinski definition) is 4. The van der Waals surface area contributed by atoms with E-state index in [-0.39, 0.29) is 0 Å². The molecule has 0 aliphatic rings. The Morgan fingerprint density at radius 1 is 1.54 bits per heavy atom. The summed E-state index contributed by atoms with van der Waals surface area (Å²) in [5.74, 6) is 2.35. The van der Waals surface area contributed by atoms with Crippen LogP contribution in [0.2, 0.25) is 0 Å². The highest BCUT2D eigenvalue weighted by Gasteiger charge is 1.92. The minimum absolute atomic E-state index is 0.818. The predicted octanol–water partition coefficient (Wildman–Crippen LogP) is 1.32. The third-order valence-electron chi connectivity index (χ3n) is 1.56. The Morgan fingerprint density at radius 3 is 3.15 bits per heavy atom. The lowest BCUT2D eigenvalue weighted by Crippen LogP contribution is -2.17. The average Bonchev–Trinajstić information content (AvgIpc) is 2.19. The Kier molecular flexibility index (Phi) is 5.52. The van der Waals surface area contributed by atoms with Gasteiger partial charge in [0.2, 0.25) is 0 Å². The van der Waals surface area contributed by atoms with Crippen molar-refractivity contribution in [1.29, 1.82) is 0 Å². The van der Waals surface area contributed by atoms with Crippen LogP contribution in [-0.2, 0) is 6.54 Å². The van der Waals surface area contributed by atoms with Gasteiger partial charge in [0, 0.05) is 25.0 Å². The van der Waals surface area contributed by atoms with Crippen molar-refractivity contribution < 1.29 is 0 Å². The lowest BCUT2D eigenvalue weighted by molar-refractivity contribution is 0.703. The summed E-state index contributed by atoms with van der Waals surface area (Å²) < 4.78 is 0. The van der Waals surface area contributed by atoms with E-state index < -0.39 is 0 Å². The Balaban J connectivity index is 2.07. The number of nitrogens with zero attached hydrogens (tertiary/aromatic N) is 2. The van der Waals surface area contributed by atoms with Crippen molar-refractivity contribution in [2.75, 3.05) is 18.1 Å². The molecule has 0 amide bonds. The maximum Gasteiger partial charge on any atom is 0.0768 e. The lowest BCUT2D eigenvalue weighted by Gasteiger charge is -2.01. The van der Waals surface area contributed by atoms with Crippen molar-refractivity contribution in [3.63, 3.8) is 0 Å². The van der Waals surface area contributed by atoms with E-state index in [2.05, 4.69) is 22.4 Å². The zero-order chi connectivity index (χ0) is 9.36. The van der Waals surface area contributed by atoms with Crippen LogP contribution in [0, 0.1) is 0 Å². The number of aromatic nitrogens is 2. The first-order valence-electron chi connectivity index (χ1n) is 4.48. The van der Waals surface area contributed by atoms with E-state index in [9.17, 15) is 0 Å². The van der Waals surface area contributed by atoms with E-state index in [1.165, 1.54) is 5.75 Å². The summed E-state index contributed by atoms with van der Waals surface area (Å²) in [4.78, 5) is 0. The molecule has 0 bridgehead atoms. The van der Waals surface area contributed by atoms with Gasteiger partial charge < -0.3 is 5.32 Å². The van der Waals surface area contributed by atoms with Crippen molar-refractivity contribution in [2.45, 2.75) is 13.5 Å². The molecule has 0 atom stereocenters. The third kappa shape index (κ3) is 4.85. The lowest BCUT2D eigenvalue weighted by atomic mass is 10.4. The highest BCUT2D eigenvalue weighted by atomic mass is 32.2. The number of hydrogen-bond donors (Lipinski definition) is 1. The molecule has 1 aromatic heterocycles. The maximum atomic E-state index is 3.98. The Hall–Kier alpha value is -0.610. The molecular formula is C9H15N3S. The van der Waals surface area contributed by atoms with Gasteiger partial charge in [0.25, 0.3) is 0 Å². The van der Waals surface area contributed by atoms with Crippen molar-refractivity contribution in [2.24, 2.45) is 0 Å². The third-order valence-corrected chi connectivity index (χ3v) is 2.46. The fourth-order valence-electron chi connectivity index (χ4n) is 0.933. The van der Waals surface area contributed by atoms with Crippen LogP contribution in [0.5, 0.6) is 0 Å². The summed E-state index contributed by atoms with van der Waals surface area (Å²) in [7, 11) is 0. The fourth-order valence-corrected chi connectivity index (χ4v) is 1.51.